The highest BCUT2D eigenvalue weighted by atomic mass is 16.4. The summed E-state index contributed by atoms with van der Waals surface area (Å²) in [5.74, 6) is 0.0148. The van der Waals surface area contributed by atoms with Gasteiger partial charge in [-0.25, -0.2) is 0 Å². The summed E-state index contributed by atoms with van der Waals surface area (Å²) in [5, 5.41) is 9.33. The second kappa shape index (κ2) is 7.07. The second-order valence-corrected chi connectivity index (χ2v) is 6.24. The number of carboxylic acids is 1. The highest BCUT2D eigenvalue weighted by Gasteiger charge is 2.30. The van der Waals surface area contributed by atoms with Crippen LogP contribution in [0.25, 0.3) is 0 Å². The van der Waals surface area contributed by atoms with Gasteiger partial charge in [0.15, 0.2) is 0 Å². The van der Waals surface area contributed by atoms with Gasteiger partial charge in [-0.3, -0.25) is 14.5 Å². The average molecular weight is 282 g/mol. The SMILES string of the molecule is CC1CCN(C(=O)CN2CCCCCC2C(=O)O)CC1. The summed E-state index contributed by atoms with van der Waals surface area (Å²) in [6.07, 6.45) is 5.80. The van der Waals surface area contributed by atoms with Gasteiger partial charge in [0.05, 0.1) is 6.54 Å². The van der Waals surface area contributed by atoms with Crippen LogP contribution in [0, 0.1) is 5.92 Å². The van der Waals surface area contributed by atoms with E-state index in [2.05, 4.69) is 6.92 Å². The first kappa shape index (κ1) is 15.3. The zero-order chi connectivity index (χ0) is 14.5. The van der Waals surface area contributed by atoms with E-state index >= 15 is 0 Å². The molecule has 2 fully saturated rings. The van der Waals surface area contributed by atoms with E-state index in [9.17, 15) is 14.7 Å². The molecule has 1 atom stereocenters. The summed E-state index contributed by atoms with van der Waals surface area (Å²) in [4.78, 5) is 27.5. The summed E-state index contributed by atoms with van der Waals surface area (Å²) >= 11 is 0. The monoisotopic (exact) mass is 282 g/mol. The number of amides is 1. The van der Waals surface area contributed by atoms with Crippen molar-refractivity contribution in [3.05, 3.63) is 0 Å². The standard InChI is InChI=1S/C15H26N2O3/c1-12-6-9-16(10-7-12)14(18)11-17-8-4-2-3-5-13(17)15(19)20/h12-13H,2-11H2,1H3,(H,19,20). The molecule has 2 saturated heterocycles. The van der Waals surface area contributed by atoms with Gasteiger partial charge >= 0.3 is 5.97 Å². The van der Waals surface area contributed by atoms with Crippen LogP contribution >= 0.6 is 0 Å². The molecule has 5 heteroatoms. The van der Waals surface area contributed by atoms with Gasteiger partial charge in [0.25, 0.3) is 0 Å². The Morgan fingerprint density at radius 2 is 1.75 bits per heavy atom. The zero-order valence-corrected chi connectivity index (χ0v) is 12.4. The van der Waals surface area contributed by atoms with Crippen molar-refractivity contribution in [1.82, 2.24) is 9.80 Å². The molecule has 2 rings (SSSR count). The lowest BCUT2D eigenvalue weighted by Gasteiger charge is -2.33. The van der Waals surface area contributed by atoms with Gasteiger partial charge in [-0.15, -0.1) is 0 Å². The Balaban J connectivity index is 1.92. The van der Waals surface area contributed by atoms with Crippen LogP contribution in [0.3, 0.4) is 0 Å². The molecule has 0 radical (unpaired) electrons. The normalized spacial score (nSPS) is 26.2. The number of likely N-dealkylation sites (tertiary alicyclic amines) is 2. The molecule has 0 spiro atoms. The van der Waals surface area contributed by atoms with Gasteiger partial charge in [0.1, 0.15) is 6.04 Å². The molecular formula is C15H26N2O3. The average Bonchev–Trinajstić information content (AvgIpc) is 2.65. The molecule has 0 aromatic heterocycles. The van der Waals surface area contributed by atoms with Crippen molar-refractivity contribution < 1.29 is 14.7 Å². The molecule has 5 nitrogen and oxygen atoms in total. The summed E-state index contributed by atoms with van der Waals surface area (Å²) < 4.78 is 0. The topological polar surface area (TPSA) is 60.9 Å². The Bertz CT molecular complexity index is 351. The lowest BCUT2D eigenvalue weighted by atomic mass is 9.99. The predicted molar refractivity (Wildman–Crippen MR) is 76.4 cm³/mol. The molecule has 2 aliphatic heterocycles. The van der Waals surface area contributed by atoms with E-state index in [1.165, 1.54) is 0 Å². The van der Waals surface area contributed by atoms with Crippen molar-refractivity contribution in [3.8, 4) is 0 Å². The van der Waals surface area contributed by atoms with Crippen LogP contribution in [-0.2, 0) is 9.59 Å². The quantitative estimate of drug-likeness (QED) is 0.853. The summed E-state index contributed by atoms with van der Waals surface area (Å²) in [5.41, 5.74) is 0. The molecular weight excluding hydrogens is 256 g/mol. The molecule has 0 bridgehead atoms. The molecule has 2 heterocycles. The van der Waals surface area contributed by atoms with E-state index < -0.39 is 12.0 Å². The van der Waals surface area contributed by atoms with Crippen molar-refractivity contribution in [2.24, 2.45) is 5.92 Å². The smallest absolute Gasteiger partial charge is 0.320 e. The number of carbonyl (C=O) groups excluding carboxylic acids is 1. The summed E-state index contributed by atoms with van der Waals surface area (Å²) in [6, 6.07) is -0.481. The Labute approximate surface area is 120 Å². The highest BCUT2D eigenvalue weighted by Crippen LogP contribution is 2.19. The number of carbonyl (C=O) groups is 2. The summed E-state index contributed by atoms with van der Waals surface area (Å²) in [7, 11) is 0. The number of rotatable bonds is 3. The number of piperidine rings is 1. The fourth-order valence-electron chi connectivity index (χ4n) is 3.17. The largest absolute Gasteiger partial charge is 0.480 e. The van der Waals surface area contributed by atoms with Crippen molar-refractivity contribution in [2.75, 3.05) is 26.2 Å². The van der Waals surface area contributed by atoms with Crippen LogP contribution in [-0.4, -0.2) is 59.0 Å². The van der Waals surface area contributed by atoms with Crippen LogP contribution in [0.4, 0.5) is 0 Å². The Morgan fingerprint density at radius 3 is 2.40 bits per heavy atom. The second-order valence-electron chi connectivity index (χ2n) is 6.24. The number of aliphatic carboxylic acids is 1. The van der Waals surface area contributed by atoms with E-state index in [0.29, 0.717) is 12.3 Å². The molecule has 1 amide bonds. The fourth-order valence-corrected chi connectivity index (χ4v) is 3.17. The van der Waals surface area contributed by atoms with Crippen LogP contribution in [0.5, 0.6) is 0 Å². The first-order valence-corrected chi connectivity index (χ1v) is 7.82. The van der Waals surface area contributed by atoms with Gasteiger partial charge < -0.3 is 10.0 Å². The molecule has 1 unspecified atom stereocenters. The van der Waals surface area contributed by atoms with Crippen LogP contribution in [0.2, 0.25) is 0 Å². The molecule has 2 aliphatic rings. The van der Waals surface area contributed by atoms with Gasteiger partial charge in [-0.05, 0) is 38.1 Å². The summed E-state index contributed by atoms with van der Waals surface area (Å²) in [6.45, 7) is 4.87. The van der Waals surface area contributed by atoms with Crippen LogP contribution in [0.15, 0.2) is 0 Å². The van der Waals surface area contributed by atoms with E-state index in [-0.39, 0.29) is 12.5 Å². The molecule has 1 N–H and O–H groups in total. The minimum atomic E-state index is -0.785. The van der Waals surface area contributed by atoms with E-state index in [4.69, 9.17) is 0 Å². The fraction of sp³-hybridized carbons (Fsp3) is 0.867. The van der Waals surface area contributed by atoms with Gasteiger partial charge in [0, 0.05) is 13.1 Å². The third kappa shape index (κ3) is 3.95. The van der Waals surface area contributed by atoms with Crippen LogP contribution < -0.4 is 0 Å². The third-order valence-corrected chi connectivity index (χ3v) is 4.62. The molecule has 114 valence electrons. The van der Waals surface area contributed by atoms with Gasteiger partial charge in [-0.2, -0.15) is 0 Å². The maximum Gasteiger partial charge on any atom is 0.320 e. The Hall–Kier alpha value is -1.10. The third-order valence-electron chi connectivity index (χ3n) is 4.62. The highest BCUT2D eigenvalue weighted by molar-refractivity contribution is 5.80. The minimum Gasteiger partial charge on any atom is -0.480 e. The number of hydrogen-bond acceptors (Lipinski definition) is 3. The first-order chi connectivity index (χ1) is 9.58. The predicted octanol–water partition coefficient (Wildman–Crippen LogP) is 1.57. The first-order valence-electron chi connectivity index (χ1n) is 7.82. The van der Waals surface area contributed by atoms with Crippen molar-refractivity contribution in [3.63, 3.8) is 0 Å². The lowest BCUT2D eigenvalue weighted by Crippen LogP contribution is -2.48. The van der Waals surface area contributed by atoms with Gasteiger partial charge in [0.2, 0.25) is 5.91 Å². The Kier molecular flexibility index (Phi) is 5.40. The minimum absolute atomic E-state index is 0.102. The zero-order valence-electron chi connectivity index (χ0n) is 12.4. The molecule has 0 saturated carbocycles. The maximum atomic E-state index is 12.3. The van der Waals surface area contributed by atoms with E-state index in [0.717, 1.165) is 51.7 Å². The van der Waals surface area contributed by atoms with Crippen molar-refractivity contribution >= 4 is 11.9 Å². The Morgan fingerprint density at radius 1 is 1.05 bits per heavy atom. The van der Waals surface area contributed by atoms with E-state index in [1.54, 1.807) is 0 Å². The molecule has 0 aromatic carbocycles. The van der Waals surface area contributed by atoms with Gasteiger partial charge in [-0.1, -0.05) is 19.8 Å². The maximum absolute atomic E-state index is 12.3. The number of hydrogen-bond donors (Lipinski definition) is 1. The van der Waals surface area contributed by atoms with Crippen molar-refractivity contribution in [1.29, 1.82) is 0 Å². The van der Waals surface area contributed by atoms with Crippen molar-refractivity contribution in [2.45, 2.75) is 51.5 Å². The molecule has 0 aliphatic carbocycles. The number of nitrogens with zero attached hydrogens (tertiary/aromatic N) is 2. The molecule has 20 heavy (non-hydrogen) atoms. The lowest BCUT2D eigenvalue weighted by molar-refractivity contribution is -0.145. The molecule has 0 aromatic rings. The number of carboxylic acid groups (broad SMARTS) is 1. The van der Waals surface area contributed by atoms with Crippen LogP contribution in [0.1, 0.15) is 45.4 Å². The van der Waals surface area contributed by atoms with E-state index in [1.807, 2.05) is 9.80 Å².